The summed E-state index contributed by atoms with van der Waals surface area (Å²) in [7, 11) is 1.70. The molecule has 0 aromatic heterocycles. The van der Waals surface area contributed by atoms with Crippen molar-refractivity contribution in [3.63, 3.8) is 0 Å². The van der Waals surface area contributed by atoms with Crippen molar-refractivity contribution in [3.8, 4) is 5.75 Å². The first-order valence-corrected chi connectivity index (χ1v) is 5.76. The van der Waals surface area contributed by atoms with E-state index < -0.39 is 0 Å². The van der Waals surface area contributed by atoms with Gasteiger partial charge in [0.15, 0.2) is 0 Å². The molecule has 0 unspecified atom stereocenters. The maximum atomic E-state index is 5.36. The summed E-state index contributed by atoms with van der Waals surface area (Å²) in [6, 6.07) is 18.5. The maximum absolute atomic E-state index is 5.36. The molecular weight excluding hydrogens is 210 g/mol. The van der Waals surface area contributed by atoms with Crippen molar-refractivity contribution >= 4 is 5.69 Å². The summed E-state index contributed by atoms with van der Waals surface area (Å²) in [5.41, 5.74) is 2.28. The molecule has 0 heterocycles. The second-order valence-electron chi connectivity index (χ2n) is 3.97. The first kappa shape index (κ1) is 11.5. The van der Waals surface area contributed by atoms with Gasteiger partial charge in [-0.05, 0) is 25.1 Å². The van der Waals surface area contributed by atoms with E-state index in [4.69, 9.17) is 4.74 Å². The highest BCUT2D eigenvalue weighted by atomic mass is 16.5. The van der Waals surface area contributed by atoms with Crippen LogP contribution in [0.5, 0.6) is 5.75 Å². The molecule has 0 fully saturated rings. The first-order chi connectivity index (χ1) is 8.31. The monoisotopic (exact) mass is 227 g/mol. The van der Waals surface area contributed by atoms with Crippen molar-refractivity contribution in [3.05, 3.63) is 60.2 Å². The fourth-order valence-corrected chi connectivity index (χ4v) is 1.89. The lowest BCUT2D eigenvalue weighted by Crippen LogP contribution is -2.07. The number of nitrogens with one attached hydrogen (secondary N) is 1. The molecule has 0 saturated heterocycles. The number of methoxy groups -OCH3 is 1. The highest BCUT2D eigenvalue weighted by Crippen LogP contribution is 2.27. The molecule has 0 saturated carbocycles. The summed E-state index contributed by atoms with van der Waals surface area (Å²) in [5.74, 6) is 0.920. The van der Waals surface area contributed by atoms with Gasteiger partial charge in [0.05, 0.1) is 13.2 Å². The molecule has 2 aromatic carbocycles. The second-order valence-corrected chi connectivity index (χ2v) is 3.97. The fourth-order valence-electron chi connectivity index (χ4n) is 1.89. The summed E-state index contributed by atoms with van der Waals surface area (Å²) >= 11 is 0. The average Bonchev–Trinajstić information content (AvgIpc) is 2.40. The normalized spacial score (nSPS) is 11.9. The molecule has 1 N–H and O–H groups in total. The predicted molar refractivity (Wildman–Crippen MR) is 71.5 cm³/mol. The number of hydrogen-bond donors (Lipinski definition) is 1. The van der Waals surface area contributed by atoms with E-state index >= 15 is 0 Å². The van der Waals surface area contributed by atoms with Gasteiger partial charge in [-0.2, -0.15) is 0 Å². The zero-order chi connectivity index (χ0) is 12.1. The van der Waals surface area contributed by atoms with E-state index in [9.17, 15) is 0 Å². The minimum absolute atomic E-state index is 0.216. The molecule has 0 aliphatic carbocycles. The Morgan fingerprint density at radius 3 is 2.29 bits per heavy atom. The number of benzene rings is 2. The Morgan fingerprint density at radius 2 is 1.59 bits per heavy atom. The lowest BCUT2D eigenvalue weighted by molar-refractivity contribution is 0.408. The van der Waals surface area contributed by atoms with Crippen molar-refractivity contribution < 1.29 is 4.74 Å². The van der Waals surface area contributed by atoms with Crippen LogP contribution in [-0.4, -0.2) is 7.11 Å². The molecule has 0 aliphatic rings. The topological polar surface area (TPSA) is 21.3 Å². The lowest BCUT2D eigenvalue weighted by atomic mass is 10.1. The van der Waals surface area contributed by atoms with E-state index in [1.165, 1.54) is 5.56 Å². The molecule has 0 bridgehead atoms. The van der Waals surface area contributed by atoms with Gasteiger partial charge in [0.25, 0.3) is 0 Å². The third-order valence-electron chi connectivity index (χ3n) is 2.76. The average molecular weight is 227 g/mol. The van der Waals surface area contributed by atoms with E-state index in [0.717, 1.165) is 11.4 Å². The van der Waals surface area contributed by atoms with Crippen molar-refractivity contribution in [2.75, 3.05) is 12.4 Å². The van der Waals surface area contributed by atoms with Crippen LogP contribution in [0.15, 0.2) is 54.6 Å². The van der Waals surface area contributed by atoms with Crippen molar-refractivity contribution in [1.29, 1.82) is 0 Å². The van der Waals surface area contributed by atoms with Crippen LogP contribution in [-0.2, 0) is 0 Å². The van der Waals surface area contributed by atoms with Crippen molar-refractivity contribution in [2.45, 2.75) is 13.0 Å². The molecule has 1 atom stereocenters. The number of rotatable bonds is 4. The van der Waals surface area contributed by atoms with Gasteiger partial charge >= 0.3 is 0 Å². The van der Waals surface area contributed by atoms with E-state index in [0.29, 0.717) is 0 Å². The Hall–Kier alpha value is -1.96. The van der Waals surface area contributed by atoms with Gasteiger partial charge in [-0.25, -0.2) is 0 Å². The van der Waals surface area contributed by atoms with Crippen LogP contribution < -0.4 is 10.1 Å². The van der Waals surface area contributed by atoms with Gasteiger partial charge in [0.1, 0.15) is 5.75 Å². The standard InChI is InChI=1S/C15H17NO/c1-12(16-13-8-4-3-5-9-13)14-10-6-7-11-15(14)17-2/h3-12,16H,1-2H3/t12-/m1/s1. The van der Waals surface area contributed by atoms with E-state index in [-0.39, 0.29) is 6.04 Å². The van der Waals surface area contributed by atoms with E-state index in [1.807, 2.05) is 36.4 Å². The number of ether oxygens (including phenoxy) is 1. The van der Waals surface area contributed by atoms with E-state index in [1.54, 1.807) is 7.11 Å². The Kier molecular flexibility index (Phi) is 3.66. The van der Waals surface area contributed by atoms with Crippen LogP contribution >= 0.6 is 0 Å². The first-order valence-electron chi connectivity index (χ1n) is 5.76. The Balaban J connectivity index is 2.17. The van der Waals surface area contributed by atoms with Gasteiger partial charge in [-0.1, -0.05) is 36.4 Å². The fraction of sp³-hybridized carbons (Fsp3) is 0.200. The zero-order valence-corrected chi connectivity index (χ0v) is 10.2. The zero-order valence-electron chi connectivity index (χ0n) is 10.2. The Labute approximate surface area is 102 Å². The highest BCUT2D eigenvalue weighted by Gasteiger charge is 2.09. The van der Waals surface area contributed by atoms with Crippen LogP contribution in [0.4, 0.5) is 5.69 Å². The van der Waals surface area contributed by atoms with Crippen LogP contribution in [0.2, 0.25) is 0 Å². The smallest absolute Gasteiger partial charge is 0.124 e. The van der Waals surface area contributed by atoms with Gasteiger partial charge in [-0.15, -0.1) is 0 Å². The molecule has 0 aliphatic heterocycles. The third kappa shape index (κ3) is 2.78. The molecule has 2 rings (SSSR count). The molecule has 0 spiro atoms. The lowest BCUT2D eigenvalue weighted by Gasteiger charge is -2.18. The van der Waals surface area contributed by atoms with Crippen LogP contribution in [0.3, 0.4) is 0 Å². The molecule has 2 nitrogen and oxygen atoms in total. The van der Waals surface area contributed by atoms with Gasteiger partial charge < -0.3 is 10.1 Å². The summed E-state index contributed by atoms with van der Waals surface area (Å²) in [6.07, 6.45) is 0. The van der Waals surface area contributed by atoms with Gasteiger partial charge in [0.2, 0.25) is 0 Å². The minimum Gasteiger partial charge on any atom is -0.496 e. The summed E-state index contributed by atoms with van der Waals surface area (Å²) < 4.78 is 5.36. The predicted octanol–water partition coefficient (Wildman–Crippen LogP) is 3.87. The van der Waals surface area contributed by atoms with Crippen molar-refractivity contribution in [1.82, 2.24) is 0 Å². The van der Waals surface area contributed by atoms with Crippen LogP contribution in [0.1, 0.15) is 18.5 Å². The Bertz CT molecular complexity index is 467. The molecule has 2 aromatic rings. The summed E-state index contributed by atoms with van der Waals surface area (Å²) in [5, 5.41) is 3.45. The second kappa shape index (κ2) is 5.39. The number of hydrogen-bond acceptors (Lipinski definition) is 2. The van der Waals surface area contributed by atoms with Crippen LogP contribution in [0.25, 0.3) is 0 Å². The van der Waals surface area contributed by atoms with Crippen molar-refractivity contribution in [2.24, 2.45) is 0 Å². The quantitative estimate of drug-likeness (QED) is 0.856. The summed E-state index contributed by atoms with van der Waals surface area (Å²) in [4.78, 5) is 0. The number of anilines is 1. The molecule has 0 radical (unpaired) electrons. The van der Waals surface area contributed by atoms with Crippen LogP contribution in [0, 0.1) is 0 Å². The minimum atomic E-state index is 0.216. The summed E-state index contributed by atoms with van der Waals surface area (Å²) in [6.45, 7) is 2.13. The van der Waals surface area contributed by atoms with Gasteiger partial charge in [0, 0.05) is 11.3 Å². The Morgan fingerprint density at radius 1 is 0.941 bits per heavy atom. The van der Waals surface area contributed by atoms with E-state index in [2.05, 4.69) is 30.4 Å². The number of para-hydroxylation sites is 2. The molecule has 17 heavy (non-hydrogen) atoms. The third-order valence-corrected chi connectivity index (χ3v) is 2.76. The van der Waals surface area contributed by atoms with Gasteiger partial charge in [-0.3, -0.25) is 0 Å². The molecular formula is C15H17NO. The largest absolute Gasteiger partial charge is 0.496 e. The molecule has 2 heteroatoms. The maximum Gasteiger partial charge on any atom is 0.124 e. The highest BCUT2D eigenvalue weighted by molar-refractivity contribution is 5.47. The SMILES string of the molecule is COc1ccccc1[C@@H](C)Nc1ccccc1. The molecule has 88 valence electrons. The molecule has 0 amide bonds.